The number of methoxy groups -OCH3 is 1. The molecule has 1 unspecified atom stereocenters. The molecule has 21 heavy (non-hydrogen) atoms. The fraction of sp³-hybridized carbons (Fsp3) is 0.438. The largest absolute Gasteiger partial charge is 0.463 e. The van der Waals surface area contributed by atoms with Crippen molar-refractivity contribution in [3.8, 4) is 0 Å². The van der Waals surface area contributed by atoms with Crippen LogP contribution in [0.25, 0.3) is 0 Å². The van der Waals surface area contributed by atoms with Crippen LogP contribution in [-0.4, -0.2) is 19.6 Å². The average Bonchev–Trinajstić information content (AvgIpc) is 3.16. The van der Waals surface area contributed by atoms with Gasteiger partial charge in [-0.25, -0.2) is 4.79 Å². The van der Waals surface area contributed by atoms with Gasteiger partial charge in [-0.15, -0.1) is 11.3 Å². The molecule has 0 fully saturated rings. The number of esters is 1. The van der Waals surface area contributed by atoms with Crippen molar-refractivity contribution in [1.29, 1.82) is 0 Å². The van der Waals surface area contributed by atoms with Gasteiger partial charge in [-0.05, 0) is 43.7 Å². The van der Waals surface area contributed by atoms with Gasteiger partial charge in [-0.2, -0.15) is 0 Å². The first-order valence-corrected chi connectivity index (χ1v) is 8.01. The van der Waals surface area contributed by atoms with Crippen LogP contribution in [0.1, 0.15) is 52.4 Å². The molecule has 1 atom stereocenters. The van der Waals surface area contributed by atoms with Gasteiger partial charge in [-0.3, -0.25) is 0 Å². The number of carbonyl (C=O) groups is 1. The molecule has 0 aliphatic heterocycles. The zero-order chi connectivity index (χ0) is 15.2. The molecule has 0 aromatic carbocycles. The average molecular weight is 307 g/mol. The Morgan fingerprint density at radius 1 is 1.33 bits per heavy atom. The van der Waals surface area contributed by atoms with Crippen LogP contribution in [0, 0.1) is 0 Å². The Morgan fingerprint density at radius 2 is 2.14 bits per heavy atom. The Morgan fingerprint density at radius 3 is 2.76 bits per heavy atom. The molecular formula is C16H21NO3S. The van der Waals surface area contributed by atoms with Gasteiger partial charge in [0.15, 0.2) is 0 Å². The third-order valence-corrected chi connectivity index (χ3v) is 4.51. The third kappa shape index (κ3) is 3.74. The molecule has 0 spiro atoms. The maximum atomic E-state index is 11.5. The molecule has 0 bridgehead atoms. The Bertz CT molecular complexity index is 588. The predicted molar refractivity (Wildman–Crippen MR) is 83.9 cm³/mol. The number of aryl methyl sites for hydroxylation is 1. The molecule has 0 saturated carbocycles. The van der Waals surface area contributed by atoms with E-state index in [-0.39, 0.29) is 11.8 Å². The molecule has 0 aliphatic carbocycles. The second kappa shape index (κ2) is 7.43. The van der Waals surface area contributed by atoms with Crippen LogP contribution in [0.3, 0.4) is 0 Å². The molecule has 5 heteroatoms. The second-order valence-corrected chi connectivity index (χ2v) is 5.94. The lowest BCUT2D eigenvalue weighted by Crippen LogP contribution is -2.21. The van der Waals surface area contributed by atoms with Crippen LogP contribution in [0.4, 0.5) is 0 Å². The minimum atomic E-state index is -0.448. The summed E-state index contributed by atoms with van der Waals surface area (Å²) in [4.78, 5) is 14.1. The summed E-state index contributed by atoms with van der Waals surface area (Å²) in [6.07, 6.45) is 2.06. The van der Waals surface area contributed by atoms with Gasteiger partial charge < -0.3 is 14.5 Å². The Hall–Kier alpha value is -1.59. The van der Waals surface area contributed by atoms with Crippen molar-refractivity contribution in [3.63, 3.8) is 0 Å². The van der Waals surface area contributed by atoms with Crippen LogP contribution in [0.15, 0.2) is 28.7 Å². The lowest BCUT2D eigenvalue weighted by molar-refractivity contribution is 0.0562. The first-order valence-electron chi connectivity index (χ1n) is 7.19. The maximum absolute atomic E-state index is 11.5. The third-order valence-electron chi connectivity index (χ3n) is 3.21. The van der Waals surface area contributed by atoms with Crippen molar-refractivity contribution < 1.29 is 13.9 Å². The summed E-state index contributed by atoms with van der Waals surface area (Å²) in [6.45, 7) is 5.16. The number of hydrogen-bond donors (Lipinski definition) is 1. The minimum absolute atomic E-state index is 0.0198. The van der Waals surface area contributed by atoms with E-state index < -0.39 is 5.97 Å². The lowest BCUT2D eigenvalue weighted by Gasteiger charge is -2.14. The van der Waals surface area contributed by atoms with Crippen molar-refractivity contribution in [1.82, 2.24) is 5.32 Å². The van der Waals surface area contributed by atoms with E-state index in [1.165, 1.54) is 16.9 Å². The SMILES string of the molecule is CCCNC(c1ccc(C(=O)OC)o1)c1ccc(CC)s1. The summed E-state index contributed by atoms with van der Waals surface area (Å²) in [5.41, 5.74) is 0. The molecule has 2 rings (SSSR count). The Balaban J connectivity index is 2.26. The van der Waals surface area contributed by atoms with E-state index in [9.17, 15) is 4.79 Å². The van der Waals surface area contributed by atoms with E-state index in [0.29, 0.717) is 0 Å². The van der Waals surface area contributed by atoms with E-state index in [1.54, 1.807) is 17.4 Å². The monoisotopic (exact) mass is 307 g/mol. The van der Waals surface area contributed by atoms with Gasteiger partial charge >= 0.3 is 5.97 Å². The molecule has 0 aliphatic rings. The zero-order valence-corrected chi connectivity index (χ0v) is 13.5. The summed E-state index contributed by atoms with van der Waals surface area (Å²) in [5.74, 6) is 0.535. The molecule has 114 valence electrons. The van der Waals surface area contributed by atoms with Crippen molar-refractivity contribution >= 4 is 17.3 Å². The molecule has 0 amide bonds. The van der Waals surface area contributed by atoms with Gasteiger partial charge in [0.25, 0.3) is 0 Å². The van der Waals surface area contributed by atoms with Crippen molar-refractivity contribution in [2.75, 3.05) is 13.7 Å². The van der Waals surface area contributed by atoms with Crippen LogP contribution < -0.4 is 5.32 Å². The first kappa shape index (κ1) is 15.8. The Labute approximate surface area is 129 Å². The summed E-state index contributed by atoms with van der Waals surface area (Å²) < 4.78 is 10.3. The van der Waals surface area contributed by atoms with Gasteiger partial charge in [0.1, 0.15) is 11.8 Å². The normalized spacial score (nSPS) is 12.3. The number of rotatable bonds is 7. The number of thiophene rings is 1. The van der Waals surface area contributed by atoms with E-state index >= 15 is 0 Å². The molecule has 0 saturated heterocycles. The molecule has 0 radical (unpaired) electrons. The summed E-state index contributed by atoms with van der Waals surface area (Å²) in [6, 6.07) is 7.75. The molecule has 2 aromatic rings. The van der Waals surface area contributed by atoms with E-state index in [4.69, 9.17) is 4.42 Å². The number of furan rings is 1. The van der Waals surface area contributed by atoms with Gasteiger partial charge in [0, 0.05) is 9.75 Å². The van der Waals surface area contributed by atoms with Crippen molar-refractivity contribution in [2.24, 2.45) is 0 Å². The fourth-order valence-corrected chi connectivity index (χ4v) is 3.12. The molecular weight excluding hydrogens is 286 g/mol. The first-order chi connectivity index (χ1) is 10.2. The van der Waals surface area contributed by atoms with Gasteiger partial charge in [0.05, 0.1) is 7.11 Å². The molecule has 4 nitrogen and oxygen atoms in total. The highest BCUT2D eigenvalue weighted by molar-refractivity contribution is 7.12. The zero-order valence-electron chi connectivity index (χ0n) is 12.6. The summed E-state index contributed by atoms with van der Waals surface area (Å²) in [5, 5.41) is 3.47. The van der Waals surface area contributed by atoms with Crippen LogP contribution in [0.5, 0.6) is 0 Å². The van der Waals surface area contributed by atoms with Crippen molar-refractivity contribution in [2.45, 2.75) is 32.7 Å². The molecule has 1 N–H and O–H groups in total. The van der Waals surface area contributed by atoms with E-state index in [0.717, 1.165) is 25.1 Å². The number of nitrogens with one attached hydrogen (secondary N) is 1. The van der Waals surface area contributed by atoms with Crippen LogP contribution >= 0.6 is 11.3 Å². The number of ether oxygens (including phenoxy) is 1. The lowest BCUT2D eigenvalue weighted by atomic mass is 10.2. The highest BCUT2D eigenvalue weighted by atomic mass is 32.1. The highest BCUT2D eigenvalue weighted by Crippen LogP contribution is 2.30. The minimum Gasteiger partial charge on any atom is -0.463 e. The van der Waals surface area contributed by atoms with E-state index in [1.807, 2.05) is 6.07 Å². The smallest absolute Gasteiger partial charge is 0.373 e. The van der Waals surface area contributed by atoms with E-state index in [2.05, 4.69) is 36.0 Å². The second-order valence-electron chi connectivity index (χ2n) is 4.74. The Kier molecular flexibility index (Phi) is 5.59. The topological polar surface area (TPSA) is 51.5 Å². The van der Waals surface area contributed by atoms with Crippen LogP contribution in [0.2, 0.25) is 0 Å². The summed E-state index contributed by atoms with van der Waals surface area (Å²) >= 11 is 1.77. The standard InChI is InChI=1S/C16H21NO3S/c1-4-10-17-15(14-9-6-11(5-2)21-14)12-7-8-13(20-12)16(18)19-3/h6-9,15,17H,4-5,10H2,1-3H3. The van der Waals surface area contributed by atoms with Gasteiger partial charge in [0.2, 0.25) is 5.76 Å². The van der Waals surface area contributed by atoms with Crippen molar-refractivity contribution in [3.05, 3.63) is 45.5 Å². The summed E-state index contributed by atoms with van der Waals surface area (Å²) in [7, 11) is 1.35. The molecule has 2 heterocycles. The fourth-order valence-electron chi connectivity index (χ4n) is 2.09. The quantitative estimate of drug-likeness (QED) is 0.791. The number of carbonyl (C=O) groups excluding carboxylic acids is 1. The maximum Gasteiger partial charge on any atom is 0.373 e. The van der Waals surface area contributed by atoms with Crippen LogP contribution in [-0.2, 0) is 11.2 Å². The highest BCUT2D eigenvalue weighted by Gasteiger charge is 2.21. The molecule has 2 aromatic heterocycles. The number of hydrogen-bond acceptors (Lipinski definition) is 5. The predicted octanol–water partition coefficient (Wildman–Crippen LogP) is 3.78. The van der Waals surface area contributed by atoms with Gasteiger partial charge in [-0.1, -0.05) is 13.8 Å².